The lowest BCUT2D eigenvalue weighted by atomic mass is 9.96. The molecule has 0 aliphatic heterocycles. The first kappa shape index (κ1) is 31.4. The van der Waals surface area contributed by atoms with E-state index in [0.29, 0.717) is 24.9 Å². The van der Waals surface area contributed by atoms with Gasteiger partial charge in [0.2, 0.25) is 0 Å². The van der Waals surface area contributed by atoms with Gasteiger partial charge in [0, 0.05) is 13.7 Å². The fourth-order valence-corrected chi connectivity index (χ4v) is 2.64. The number of hydrogen-bond acceptors (Lipinski definition) is 7. The molecule has 0 aromatic heterocycles. The predicted octanol–water partition coefficient (Wildman–Crippen LogP) is 0.977. The van der Waals surface area contributed by atoms with Crippen LogP contribution in [0.25, 0.3) is 0 Å². The van der Waals surface area contributed by atoms with Crippen LogP contribution in [-0.4, -0.2) is 53.0 Å². The molecule has 0 aliphatic rings. The Labute approximate surface area is 169 Å². The Kier molecular flexibility index (Phi) is 32.5. The average Bonchev–Trinajstić information content (AvgIpc) is 2.65. The second kappa shape index (κ2) is 27.9. The maximum atomic E-state index is 5.45. The van der Waals surface area contributed by atoms with Crippen LogP contribution in [0.2, 0.25) is 0 Å². The molecular formula is C20H52N6O. The minimum absolute atomic E-state index is 0.435. The third-order valence-corrected chi connectivity index (χ3v) is 4.56. The Morgan fingerprint density at radius 2 is 1.07 bits per heavy atom. The van der Waals surface area contributed by atoms with Gasteiger partial charge < -0.3 is 39.1 Å². The molecule has 0 heterocycles. The van der Waals surface area contributed by atoms with Crippen molar-refractivity contribution in [3.63, 3.8) is 0 Å². The van der Waals surface area contributed by atoms with Crippen LogP contribution in [0.3, 0.4) is 0 Å². The number of nitrogens with two attached hydrogens (primary N) is 6. The standard InChI is InChI=1S/C8H20N2.C6H16N2O.C6H16N2/c1-2-3-8(4-6-9)5-7-10;1-9-3-2-6(4-7)5-8;1-6(2-4-7)3-5-8/h8H,2-7,9-10H2,1H3;6H,2-5,7-8H2,1H3;6H,2-5,7-8H2,1H3. The number of methoxy groups -OCH3 is 1. The summed E-state index contributed by atoms with van der Waals surface area (Å²) in [4.78, 5) is 0. The second-order valence-corrected chi connectivity index (χ2v) is 7.19. The molecule has 27 heavy (non-hydrogen) atoms. The van der Waals surface area contributed by atoms with Crippen LogP contribution in [0.1, 0.15) is 58.8 Å². The van der Waals surface area contributed by atoms with E-state index < -0.39 is 0 Å². The largest absolute Gasteiger partial charge is 0.385 e. The number of hydrogen-bond donors (Lipinski definition) is 6. The molecule has 12 N–H and O–H groups in total. The minimum Gasteiger partial charge on any atom is -0.385 e. The summed E-state index contributed by atoms with van der Waals surface area (Å²) in [7, 11) is 1.68. The Hall–Kier alpha value is -0.280. The van der Waals surface area contributed by atoms with E-state index in [-0.39, 0.29) is 0 Å². The Balaban J connectivity index is -0.000000322. The van der Waals surface area contributed by atoms with Gasteiger partial charge in [0.25, 0.3) is 0 Å². The lowest BCUT2D eigenvalue weighted by molar-refractivity contribution is 0.179. The molecule has 0 saturated heterocycles. The predicted molar refractivity (Wildman–Crippen MR) is 120 cm³/mol. The summed E-state index contributed by atoms with van der Waals surface area (Å²) in [6.07, 6.45) is 8.02. The van der Waals surface area contributed by atoms with Gasteiger partial charge >= 0.3 is 0 Å². The highest BCUT2D eigenvalue weighted by atomic mass is 16.5. The van der Waals surface area contributed by atoms with Crippen LogP contribution >= 0.6 is 0 Å². The van der Waals surface area contributed by atoms with Crippen molar-refractivity contribution < 1.29 is 4.74 Å². The molecule has 0 atom stereocenters. The summed E-state index contributed by atoms with van der Waals surface area (Å²) in [6, 6.07) is 0. The highest BCUT2D eigenvalue weighted by Crippen LogP contribution is 2.13. The number of ether oxygens (including phenoxy) is 1. The summed E-state index contributed by atoms with van der Waals surface area (Å²) < 4.78 is 4.86. The van der Waals surface area contributed by atoms with E-state index in [4.69, 9.17) is 39.1 Å². The van der Waals surface area contributed by atoms with Crippen molar-refractivity contribution in [1.29, 1.82) is 0 Å². The first-order chi connectivity index (χ1) is 13.0. The molecule has 0 radical (unpaired) electrons. The fraction of sp³-hybridized carbons (Fsp3) is 1.00. The highest BCUT2D eigenvalue weighted by Gasteiger charge is 2.04. The zero-order chi connectivity index (χ0) is 21.3. The zero-order valence-corrected chi connectivity index (χ0v) is 18.5. The van der Waals surface area contributed by atoms with Gasteiger partial charge in [0.05, 0.1) is 0 Å². The van der Waals surface area contributed by atoms with Crippen LogP contribution in [0.4, 0.5) is 0 Å². The van der Waals surface area contributed by atoms with Crippen molar-refractivity contribution in [1.82, 2.24) is 0 Å². The van der Waals surface area contributed by atoms with E-state index >= 15 is 0 Å². The van der Waals surface area contributed by atoms with Crippen molar-refractivity contribution in [2.45, 2.75) is 58.8 Å². The quantitative estimate of drug-likeness (QED) is 0.241. The zero-order valence-electron chi connectivity index (χ0n) is 18.5. The van der Waals surface area contributed by atoms with Gasteiger partial charge in [-0.1, -0.05) is 26.7 Å². The SMILES string of the molecule is CC(CCN)CCN.CCCC(CCN)CCN.COCCC(CN)CN. The van der Waals surface area contributed by atoms with Crippen molar-refractivity contribution in [2.75, 3.05) is 53.0 Å². The minimum atomic E-state index is 0.435. The van der Waals surface area contributed by atoms with Gasteiger partial charge in [-0.15, -0.1) is 0 Å². The van der Waals surface area contributed by atoms with Crippen LogP contribution < -0.4 is 34.4 Å². The summed E-state index contributed by atoms with van der Waals surface area (Å²) in [6.45, 7) is 9.69. The maximum absolute atomic E-state index is 5.45. The monoisotopic (exact) mass is 392 g/mol. The topological polar surface area (TPSA) is 165 Å². The summed E-state index contributed by atoms with van der Waals surface area (Å²) in [5.41, 5.74) is 32.3. The van der Waals surface area contributed by atoms with E-state index in [1.165, 1.54) is 12.8 Å². The average molecular weight is 393 g/mol. The van der Waals surface area contributed by atoms with E-state index in [9.17, 15) is 0 Å². The Morgan fingerprint density at radius 3 is 1.37 bits per heavy atom. The van der Waals surface area contributed by atoms with E-state index in [1.54, 1.807) is 7.11 Å². The molecule has 0 spiro atoms. The molecule has 0 amide bonds. The smallest absolute Gasteiger partial charge is 0.0465 e. The number of rotatable bonds is 15. The first-order valence-electron chi connectivity index (χ1n) is 10.7. The molecule has 0 bridgehead atoms. The molecule has 0 rings (SSSR count). The molecule has 7 nitrogen and oxygen atoms in total. The molecule has 0 aromatic carbocycles. The van der Waals surface area contributed by atoms with Gasteiger partial charge in [-0.3, -0.25) is 0 Å². The van der Waals surface area contributed by atoms with Crippen LogP contribution in [0.15, 0.2) is 0 Å². The molecule has 7 heteroatoms. The van der Waals surface area contributed by atoms with Gasteiger partial charge in [0.15, 0.2) is 0 Å². The molecule has 0 saturated carbocycles. The third kappa shape index (κ3) is 28.0. The molecule has 168 valence electrons. The summed E-state index contributed by atoms with van der Waals surface area (Å²) in [5.74, 6) is 1.93. The molecular weight excluding hydrogens is 340 g/mol. The van der Waals surface area contributed by atoms with E-state index in [0.717, 1.165) is 70.8 Å². The lowest BCUT2D eigenvalue weighted by Gasteiger charge is -2.12. The Morgan fingerprint density at radius 1 is 0.630 bits per heavy atom. The molecule has 0 aromatic rings. The van der Waals surface area contributed by atoms with E-state index in [1.807, 2.05) is 0 Å². The van der Waals surface area contributed by atoms with Gasteiger partial charge in [-0.25, -0.2) is 0 Å². The fourth-order valence-electron chi connectivity index (χ4n) is 2.64. The maximum Gasteiger partial charge on any atom is 0.0465 e. The summed E-state index contributed by atoms with van der Waals surface area (Å²) >= 11 is 0. The molecule has 0 fully saturated rings. The van der Waals surface area contributed by atoms with Gasteiger partial charge in [-0.2, -0.15) is 0 Å². The Bertz CT molecular complexity index is 222. The summed E-state index contributed by atoms with van der Waals surface area (Å²) in [5, 5.41) is 0. The lowest BCUT2D eigenvalue weighted by Crippen LogP contribution is -2.24. The molecule has 0 unspecified atom stereocenters. The van der Waals surface area contributed by atoms with Gasteiger partial charge in [-0.05, 0) is 89.1 Å². The highest BCUT2D eigenvalue weighted by molar-refractivity contribution is 4.60. The second-order valence-electron chi connectivity index (χ2n) is 7.19. The van der Waals surface area contributed by atoms with E-state index in [2.05, 4.69) is 13.8 Å². The first-order valence-corrected chi connectivity index (χ1v) is 10.7. The third-order valence-electron chi connectivity index (χ3n) is 4.56. The van der Waals surface area contributed by atoms with Crippen molar-refractivity contribution in [3.05, 3.63) is 0 Å². The normalized spacial score (nSPS) is 10.7. The van der Waals surface area contributed by atoms with Crippen LogP contribution in [0.5, 0.6) is 0 Å². The van der Waals surface area contributed by atoms with Gasteiger partial charge in [0.1, 0.15) is 0 Å². The molecule has 0 aliphatic carbocycles. The van der Waals surface area contributed by atoms with Crippen molar-refractivity contribution in [3.8, 4) is 0 Å². The van der Waals surface area contributed by atoms with Crippen LogP contribution in [0, 0.1) is 17.8 Å². The van der Waals surface area contributed by atoms with Crippen molar-refractivity contribution in [2.24, 2.45) is 52.2 Å². The van der Waals surface area contributed by atoms with Crippen molar-refractivity contribution >= 4 is 0 Å². The van der Waals surface area contributed by atoms with Crippen LogP contribution in [-0.2, 0) is 4.74 Å².